The van der Waals surface area contributed by atoms with Gasteiger partial charge in [-0.3, -0.25) is 4.79 Å². The zero-order chi connectivity index (χ0) is 18.1. The van der Waals surface area contributed by atoms with Crippen molar-refractivity contribution in [2.45, 2.75) is 10.5 Å². The zero-order valence-electron chi connectivity index (χ0n) is 12.1. The molecule has 130 valence electrons. The lowest BCUT2D eigenvalue weighted by Crippen LogP contribution is -2.29. The van der Waals surface area contributed by atoms with Crippen molar-refractivity contribution in [3.63, 3.8) is 0 Å². The molecule has 0 aliphatic heterocycles. The number of sulfonamides is 1. The molecular weight excluding hydrogens is 479 g/mol. The number of hydrogen-bond acceptors (Lipinski definition) is 4. The normalized spacial score (nSPS) is 12.2. The first kappa shape index (κ1) is 19.1. The molecule has 2 rings (SSSR count). The van der Waals surface area contributed by atoms with Gasteiger partial charge in [-0.25, -0.2) is 18.1 Å². The number of carbonyl (C=O) groups excluding carboxylic acids is 1. The number of aromatic nitrogens is 2. The summed E-state index contributed by atoms with van der Waals surface area (Å²) >= 11 is 6.87. The third-order valence-corrected chi connectivity index (χ3v) is 4.30. The van der Waals surface area contributed by atoms with Crippen LogP contribution in [0.5, 0.6) is 0 Å². The van der Waals surface area contributed by atoms with Crippen LogP contribution < -0.4 is 4.72 Å². The van der Waals surface area contributed by atoms with Gasteiger partial charge >= 0.3 is 3.93 Å². The molecule has 6 nitrogen and oxygen atoms in total. The number of nitrogens with zero attached hydrogens (tertiary/aromatic N) is 2. The quantitative estimate of drug-likeness (QED) is 0.517. The summed E-state index contributed by atoms with van der Waals surface area (Å²) in [5.74, 6) is -0.853. The van der Waals surface area contributed by atoms with E-state index in [4.69, 9.17) is 11.6 Å². The number of nitrogens with one attached hydrogen (secondary N) is 1. The fourth-order valence-electron chi connectivity index (χ4n) is 1.88. The molecule has 0 fully saturated rings. The van der Waals surface area contributed by atoms with Crippen LogP contribution in [0.4, 0.5) is 8.78 Å². The number of imidazole rings is 1. The van der Waals surface area contributed by atoms with Crippen LogP contribution in [-0.2, 0) is 20.5 Å². The van der Waals surface area contributed by atoms with Gasteiger partial charge < -0.3 is 4.57 Å². The average molecular weight is 490 g/mol. The first-order valence-electron chi connectivity index (χ1n) is 6.35. The van der Waals surface area contributed by atoms with Crippen molar-refractivity contribution in [3.8, 4) is 0 Å². The number of rotatable bonds is 5. The van der Waals surface area contributed by atoms with Crippen LogP contribution in [0.1, 0.15) is 21.6 Å². The second-order valence-electron chi connectivity index (χ2n) is 4.95. The van der Waals surface area contributed by atoms with Gasteiger partial charge in [0.2, 0.25) is 10.0 Å². The van der Waals surface area contributed by atoms with Gasteiger partial charge in [0.15, 0.2) is 0 Å². The Kier molecular flexibility index (Phi) is 5.50. The van der Waals surface area contributed by atoms with E-state index in [1.165, 1.54) is 35.3 Å². The zero-order valence-corrected chi connectivity index (χ0v) is 15.9. The minimum absolute atomic E-state index is 0.0675. The van der Waals surface area contributed by atoms with Crippen LogP contribution in [0.15, 0.2) is 30.7 Å². The topological polar surface area (TPSA) is 81.1 Å². The predicted octanol–water partition coefficient (Wildman–Crippen LogP) is 2.76. The summed E-state index contributed by atoms with van der Waals surface area (Å²) in [6.45, 7) is 0.228. The van der Waals surface area contributed by atoms with Gasteiger partial charge in [-0.15, -0.1) is 0 Å². The van der Waals surface area contributed by atoms with Crippen molar-refractivity contribution >= 4 is 50.1 Å². The summed E-state index contributed by atoms with van der Waals surface area (Å²) in [7, 11) is -3.68. The third kappa shape index (κ3) is 5.11. The smallest absolute Gasteiger partial charge is 0.323 e. The molecule has 11 heteroatoms. The highest BCUT2D eigenvalue weighted by atomic mass is 127. The van der Waals surface area contributed by atoms with E-state index < -0.39 is 19.9 Å². The van der Waals surface area contributed by atoms with Crippen molar-refractivity contribution in [2.75, 3.05) is 6.26 Å². The molecule has 1 N–H and O–H groups in total. The molecule has 0 aliphatic carbocycles. The number of alkyl halides is 3. The van der Waals surface area contributed by atoms with E-state index in [0.717, 1.165) is 28.8 Å². The maximum absolute atomic E-state index is 13.3. The van der Waals surface area contributed by atoms with E-state index >= 15 is 0 Å². The van der Waals surface area contributed by atoms with Crippen LogP contribution in [0.25, 0.3) is 0 Å². The molecule has 0 unspecified atom stereocenters. The van der Waals surface area contributed by atoms with Crippen molar-refractivity contribution in [3.05, 3.63) is 52.6 Å². The first-order chi connectivity index (χ1) is 11.0. The van der Waals surface area contributed by atoms with Gasteiger partial charge in [-0.2, -0.15) is 8.78 Å². The van der Waals surface area contributed by atoms with Crippen molar-refractivity contribution in [1.29, 1.82) is 0 Å². The Labute approximate surface area is 155 Å². The molecule has 24 heavy (non-hydrogen) atoms. The van der Waals surface area contributed by atoms with Crippen molar-refractivity contribution in [2.24, 2.45) is 0 Å². The Balaban J connectivity index is 2.16. The maximum atomic E-state index is 13.3. The van der Waals surface area contributed by atoms with E-state index in [9.17, 15) is 22.0 Å². The van der Waals surface area contributed by atoms with E-state index in [-0.39, 0.29) is 22.8 Å². The fourth-order valence-corrected chi connectivity index (χ4v) is 3.28. The molecule has 0 radical (unpaired) electrons. The lowest BCUT2D eigenvalue weighted by Gasteiger charge is -2.12. The van der Waals surface area contributed by atoms with Gasteiger partial charge in [0.05, 0.1) is 17.6 Å². The molecule has 0 atom stereocenters. The van der Waals surface area contributed by atoms with Crippen LogP contribution in [-0.4, -0.2) is 30.1 Å². The minimum Gasteiger partial charge on any atom is -0.332 e. The number of amides is 1. The molecule has 1 amide bonds. The Morgan fingerprint density at radius 3 is 2.67 bits per heavy atom. The number of benzene rings is 1. The van der Waals surface area contributed by atoms with Gasteiger partial charge in [0, 0.05) is 40.9 Å². The van der Waals surface area contributed by atoms with Crippen molar-refractivity contribution in [1.82, 2.24) is 14.3 Å². The summed E-state index contributed by atoms with van der Waals surface area (Å²) < 4.78 is 48.9. The largest absolute Gasteiger partial charge is 0.332 e. The Bertz CT molecular complexity index is 881. The van der Waals surface area contributed by atoms with E-state index in [1.807, 2.05) is 0 Å². The lowest BCUT2D eigenvalue weighted by atomic mass is 10.1. The van der Waals surface area contributed by atoms with Gasteiger partial charge in [0.1, 0.15) is 5.69 Å². The summed E-state index contributed by atoms with van der Waals surface area (Å²) in [5, 5.41) is -0.0675. The predicted molar refractivity (Wildman–Crippen MR) is 93.0 cm³/mol. The molecule has 0 bridgehead atoms. The van der Waals surface area contributed by atoms with Gasteiger partial charge in [-0.1, -0.05) is 23.7 Å². The van der Waals surface area contributed by atoms with Crippen LogP contribution in [0, 0.1) is 0 Å². The highest BCUT2D eigenvalue weighted by Gasteiger charge is 2.29. The van der Waals surface area contributed by atoms with Crippen LogP contribution >= 0.6 is 34.2 Å². The molecule has 0 spiro atoms. The second kappa shape index (κ2) is 6.92. The number of carbonyl (C=O) groups is 1. The molecule has 0 saturated carbocycles. The Morgan fingerprint density at radius 1 is 1.46 bits per heavy atom. The number of halogens is 4. The maximum Gasteiger partial charge on any atom is 0.323 e. The van der Waals surface area contributed by atoms with E-state index in [2.05, 4.69) is 4.98 Å². The van der Waals surface area contributed by atoms with E-state index in [1.54, 1.807) is 4.72 Å². The first-order valence-corrected chi connectivity index (χ1v) is 9.70. The second-order valence-corrected chi connectivity index (χ2v) is 8.46. The molecule has 1 aromatic carbocycles. The Morgan fingerprint density at radius 2 is 2.12 bits per heavy atom. The highest BCUT2D eigenvalue weighted by molar-refractivity contribution is 14.1. The number of hydrogen-bond donors (Lipinski definition) is 1. The molecule has 0 saturated heterocycles. The van der Waals surface area contributed by atoms with Crippen molar-refractivity contribution < 1.29 is 22.0 Å². The SMILES string of the molecule is CS(=O)(=O)NC(=O)c1cn(Cc2ccc(C(F)(F)I)c(Cl)c2)cn1. The standard InChI is InChI=1S/C13H11ClF2IN3O3S/c1-24(22,23)19-12(21)11-6-20(7-18-11)5-8-2-3-9(10(14)4-8)13(15,16)17/h2-4,6-7H,5H2,1H3,(H,19,21). The van der Waals surface area contributed by atoms with Crippen LogP contribution in [0.2, 0.25) is 5.02 Å². The highest BCUT2D eigenvalue weighted by Crippen LogP contribution is 2.39. The molecule has 1 aromatic heterocycles. The molecular formula is C13H11ClF2IN3O3S. The summed E-state index contributed by atoms with van der Waals surface area (Å²) in [6, 6.07) is 4.13. The molecule has 1 heterocycles. The summed E-state index contributed by atoms with van der Waals surface area (Å²) in [5.41, 5.74) is 0.256. The fraction of sp³-hybridized carbons (Fsp3) is 0.231. The van der Waals surface area contributed by atoms with Gasteiger partial charge in [0.25, 0.3) is 5.91 Å². The minimum atomic E-state index is -3.68. The van der Waals surface area contributed by atoms with E-state index in [0.29, 0.717) is 5.56 Å². The van der Waals surface area contributed by atoms with Gasteiger partial charge in [-0.05, 0) is 11.6 Å². The monoisotopic (exact) mass is 489 g/mol. The molecule has 0 aliphatic rings. The summed E-state index contributed by atoms with van der Waals surface area (Å²) in [4.78, 5) is 15.5. The average Bonchev–Trinajstić information content (AvgIpc) is 2.83. The third-order valence-electron chi connectivity index (χ3n) is 2.85. The Hall–Kier alpha value is -1.27. The van der Waals surface area contributed by atoms with Crippen LogP contribution in [0.3, 0.4) is 0 Å². The lowest BCUT2D eigenvalue weighted by molar-refractivity contribution is 0.0977. The summed E-state index contributed by atoms with van der Waals surface area (Å²) in [6.07, 6.45) is 3.52. The molecule has 2 aromatic rings.